The van der Waals surface area contributed by atoms with Crippen molar-refractivity contribution < 1.29 is 52.4 Å². The van der Waals surface area contributed by atoms with Crippen molar-refractivity contribution >= 4 is 41.2 Å². The van der Waals surface area contributed by atoms with Crippen LogP contribution in [-0.2, 0) is 64.6 Å². The zero-order valence-corrected chi connectivity index (χ0v) is 26.0. The van der Waals surface area contributed by atoms with Crippen molar-refractivity contribution in [1.82, 2.24) is 0 Å². The predicted molar refractivity (Wildman–Crippen MR) is 155 cm³/mol. The van der Waals surface area contributed by atoms with E-state index in [4.69, 9.17) is 44.9 Å². The van der Waals surface area contributed by atoms with Crippen molar-refractivity contribution in [1.29, 1.82) is 0 Å². The highest BCUT2D eigenvalue weighted by molar-refractivity contribution is 6.31. The molecule has 0 aliphatic carbocycles. The molecule has 2 aliphatic rings. The van der Waals surface area contributed by atoms with E-state index in [0.29, 0.717) is 28.3 Å². The molecule has 13 heteroatoms. The number of nitrogens with zero attached hydrogens (tertiary/aromatic N) is 1. The lowest BCUT2D eigenvalue weighted by Crippen LogP contribution is -2.68. The summed E-state index contributed by atoms with van der Waals surface area (Å²) in [6.07, 6.45) is -3.78. The first-order valence-corrected chi connectivity index (χ1v) is 14.1. The monoisotopic (exact) mass is 631 g/mol. The average molecular weight is 632 g/mol. The summed E-state index contributed by atoms with van der Waals surface area (Å²) < 4.78 is 35.1. The van der Waals surface area contributed by atoms with Crippen LogP contribution in [0.5, 0.6) is 0 Å². The predicted octanol–water partition coefficient (Wildman–Crippen LogP) is 3.61. The van der Waals surface area contributed by atoms with Crippen LogP contribution in [0, 0.1) is 0 Å². The van der Waals surface area contributed by atoms with Crippen molar-refractivity contribution in [2.24, 2.45) is 5.16 Å². The molecule has 0 spiro atoms. The third-order valence-electron chi connectivity index (χ3n) is 7.23. The highest BCUT2D eigenvalue weighted by Crippen LogP contribution is 2.53. The van der Waals surface area contributed by atoms with Gasteiger partial charge in [-0.1, -0.05) is 47.1 Å². The van der Waals surface area contributed by atoms with Gasteiger partial charge in [0, 0.05) is 38.3 Å². The third-order valence-corrected chi connectivity index (χ3v) is 7.59. The normalized spacial score (nSPS) is 26.0. The Morgan fingerprint density at radius 1 is 0.886 bits per heavy atom. The maximum Gasteiger partial charge on any atom is 0.303 e. The minimum absolute atomic E-state index is 0.268. The van der Waals surface area contributed by atoms with E-state index in [1.165, 1.54) is 21.0 Å². The largest absolute Gasteiger partial charge is 0.463 e. The van der Waals surface area contributed by atoms with Crippen LogP contribution in [0.1, 0.15) is 56.9 Å². The number of carbonyl (C=O) groups is 4. The topological polar surface area (TPSA) is 145 Å². The van der Waals surface area contributed by atoms with Gasteiger partial charge in [-0.2, -0.15) is 0 Å². The summed E-state index contributed by atoms with van der Waals surface area (Å²) in [5, 5.41) is 4.40. The minimum Gasteiger partial charge on any atom is -0.463 e. The van der Waals surface area contributed by atoms with Gasteiger partial charge in [-0.25, -0.2) is 0 Å². The van der Waals surface area contributed by atoms with Gasteiger partial charge in [0.25, 0.3) is 0 Å². The van der Waals surface area contributed by atoms with Crippen LogP contribution >= 0.6 is 11.6 Å². The molecule has 236 valence electrons. The molecule has 2 aromatic rings. The number of fused-ring (bicyclic) bond motifs is 2. The Bertz CT molecular complexity index is 1460. The molecule has 2 fully saturated rings. The second-order valence-electron chi connectivity index (χ2n) is 10.6. The maximum absolute atomic E-state index is 12.4. The molecule has 2 aliphatic heterocycles. The number of oxime groups is 1. The van der Waals surface area contributed by atoms with Crippen LogP contribution in [0.3, 0.4) is 0 Å². The molecule has 2 aromatic carbocycles. The van der Waals surface area contributed by atoms with E-state index < -0.39 is 60.2 Å². The number of benzene rings is 2. The number of hydrogen-bond acceptors (Lipinski definition) is 12. The van der Waals surface area contributed by atoms with Gasteiger partial charge in [-0.05, 0) is 42.2 Å². The lowest BCUT2D eigenvalue weighted by Gasteiger charge is -2.49. The van der Waals surface area contributed by atoms with Gasteiger partial charge in [0.2, 0.25) is 11.9 Å². The summed E-state index contributed by atoms with van der Waals surface area (Å²) in [6, 6.07) is 12.7. The molecule has 0 saturated carbocycles. The molecule has 0 unspecified atom stereocenters. The van der Waals surface area contributed by atoms with Gasteiger partial charge in [0.1, 0.15) is 13.7 Å². The van der Waals surface area contributed by atoms with Crippen LogP contribution in [0.25, 0.3) is 0 Å². The molecule has 4 rings (SSSR count). The number of ether oxygens (including phenoxy) is 6. The highest BCUT2D eigenvalue weighted by atomic mass is 35.5. The third kappa shape index (κ3) is 6.87. The highest BCUT2D eigenvalue weighted by Gasteiger charge is 2.72. The Morgan fingerprint density at radius 3 is 2.11 bits per heavy atom. The Morgan fingerprint density at radius 2 is 1.52 bits per heavy atom. The smallest absolute Gasteiger partial charge is 0.303 e. The van der Waals surface area contributed by atoms with E-state index in [0.717, 1.165) is 25.0 Å². The molecule has 2 bridgehead atoms. The van der Waals surface area contributed by atoms with Crippen LogP contribution in [0.4, 0.5) is 0 Å². The Labute approximate surface area is 259 Å². The molecule has 0 amide bonds. The SMILES string of the molecule is CO/N=C(\C)c1ccc(Cc2cc([C@]34OC[C@](COC(C)=O)(O3)[C@@H](OC(C)=O)[C@H](OC(C)=O)[C@H]4OC(C)=O)ccc2Cl)cc1. The Balaban J connectivity index is 1.81. The molecule has 2 heterocycles. The Hall–Kier alpha value is -4.00. The first kappa shape index (κ1) is 32.9. The van der Waals surface area contributed by atoms with Crippen LogP contribution in [0.2, 0.25) is 5.02 Å². The summed E-state index contributed by atoms with van der Waals surface area (Å²) in [4.78, 5) is 53.6. The van der Waals surface area contributed by atoms with Gasteiger partial charge in [0.05, 0.1) is 12.3 Å². The average Bonchev–Trinajstić information content (AvgIpc) is 3.32. The van der Waals surface area contributed by atoms with E-state index >= 15 is 0 Å². The van der Waals surface area contributed by atoms with E-state index in [2.05, 4.69) is 5.16 Å². The standard InChI is InChI=1S/C31H34ClNO11/c1-17(33-38-6)23-9-7-22(8-10-23)13-24-14-25(11-12-26(24)32)31-29(43-21(5)37)27(41-19(3)35)28(42-20(4)36)30(44-31,16-40-31)15-39-18(2)34/h7-12,14,27-29H,13,15-16H2,1-6H3/b33-17+/t27-,28-,29+,30-,31-/m0/s1. The Kier molecular flexibility index (Phi) is 9.97. The molecule has 2 saturated heterocycles. The van der Waals surface area contributed by atoms with Crippen molar-refractivity contribution in [2.45, 2.75) is 70.7 Å². The van der Waals surface area contributed by atoms with Crippen molar-refractivity contribution in [3.63, 3.8) is 0 Å². The molecule has 12 nitrogen and oxygen atoms in total. The molecule has 0 radical (unpaired) electrons. The second-order valence-corrected chi connectivity index (χ2v) is 11.0. The summed E-state index contributed by atoms with van der Waals surface area (Å²) in [7, 11) is 1.48. The van der Waals surface area contributed by atoms with E-state index in [-0.39, 0.29) is 6.61 Å². The van der Waals surface area contributed by atoms with Crippen molar-refractivity contribution in [3.05, 3.63) is 69.7 Å². The zero-order valence-electron chi connectivity index (χ0n) is 25.2. The first-order chi connectivity index (χ1) is 20.8. The number of esters is 4. The van der Waals surface area contributed by atoms with E-state index in [1.54, 1.807) is 18.2 Å². The van der Waals surface area contributed by atoms with Crippen molar-refractivity contribution in [3.8, 4) is 0 Å². The molecule has 44 heavy (non-hydrogen) atoms. The summed E-state index contributed by atoms with van der Waals surface area (Å²) in [5.41, 5.74) is 1.98. The minimum atomic E-state index is -1.86. The lowest BCUT2D eigenvalue weighted by molar-refractivity contribution is -0.334. The van der Waals surface area contributed by atoms with Gasteiger partial charge >= 0.3 is 23.9 Å². The second kappa shape index (κ2) is 13.3. The summed E-state index contributed by atoms with van der Waals surface area (Å²) >= 11 is 6.63. The summed E-state index contributed by atoms with van der Waals surface area (Å²) in [5.74, 6) is -4.70. The zero-order chi connectivity index (χ0) is 32.2. The van der Waals surface area contributed by atoms with Crippen LogP contribution in [-0.4, -0.2) is 73.8 Å². The molecule has 0 aromatic heterocycles. The van der Waals surface area contributed by atoms with E-state index in [9.17, 15) is 19.2 Å². The maximum atomic E-state index is 12.4. The van der Waals surface area contributed by atoms with Crippen LogP contribution in [0.15, 0.2) is 47.6 Å². The van der Waals surface area contributed by atoms with Gasteiger partial charge in [-0.3, -0.25) is 19.2 Å². The fourth-order valence-corrected chi connectivity index (χ4v) is 5.61. The molecular weight excluding hydrogens is 598 g/mol. The fourth-order valence-electron chi connectivity index (χ4n) is 5.42. The number of hydrogen-bond donors (Lipinski definition) is 0. The summed E-state index contributed by atoms with van der Waals surface area (Å²) in [6.45, 7) is 5.85. The lowest BCUT2D eigenvalue weighted by atomic mass is 9.83. The fraction of sp³-hybridized carbons (Fsp3) is 0.452. The first-order valence-electron chi connectivity index (χ1n) is 13.8. The molecule has 0 N–H and O–H groups in total. The van der Waals surface area contributed by atoms with Gasteiger partial charge < -0.3 is 33.3 Å². The van der Waals surface area contributed by atoms with Crippen molar-refractivity contribution in [2.75, 3.05) is 20.3 Å². The van der Waals surface area contributed by atoms with E-state index in [1.807, 2.05) is 31.2 Å². The van der Waals surface area contributed by atoms with Gasteiger partial charge in [-0.15, -0.1) is 0 Å². The molecule has 5 atom stereocenters. The van der Waals surface area contributed by atoms with Gasteiger partial charge in [0.15, 0.2) is 17.8 Å². The van der Waals surface area contributed by atoms with Crippen LogP contribution < -0.4 is 0 Å². The number of carbonyl (C=O) groups excluding carboxylic acids is 4. The number of halogens is 1. The quantitative estimate of drug-likeness (QED) is 0.164. The number of rotatable bonds is 10. The molecular formula is C31H34ClNO11.